The Morgan fingerprint density at radius 1 is 1.07 bits per heavy atom. The lowest BCUT2D eigenvalue weighted by Crippen LogP contribution is -2.31. The third-order valence-corrected chi connectivity index (χ3v) is 4.77. The molecular weight excluding hydrogens is 344 g/mol. The summed E-state index contributed by atoms with van der Waals surface area (Å²) in [7, 11) is 0. The summed E-state index contributed by atoms with van der Waals surface area (Å²) >= 11 is 0. The summed E-state index contributed by atoms with van der Waals surface area (Å²) in [6, 6.07) is 12.0. The highest BCUT2D eigenvalue weighted by atomic mass is 16.2. The van der Waals surface area contributed by atoms with E-state index in [1.54, 1.807) is 35.2 Å². The van der Waals surface area contributed by atoms with E-state index >= 15 is 0 Å². The van der Waals surface area contributed by atoms with Crippen LogP contribution in [-0.2, 0) is 27.2 Å². The van der Waals surface area contributed by atoms with Gasteiger partial charge >= 0.3 is 11.8 Å². The van der Waals surface area contributed by atoms with Crippen molar-refractivity contribution in [3.05, 3.63) is 53.1 Å². The second kappa shape index (κ2) is 6.57. The van der Waals surface area contributed by atoms with Gasteiger partial charge < -0.3 is 15.5 Å². The average molecular weight is 360 g/mol. The van der Waals surface area contributed by atoms with Crippen molar-refractivity contribution in [2.24, 2.45) is 0 Å². The molecule has 134 valence electrons. The lowest BCUT2D eigenvalue weighted by Gasteiger charge is -2.26. The lowest BCUT2D eigenvalue weighted by atomic mass is 9.99. The number of rotatable bonds is 2. The van der Waals surface area contributed by atoms with E-state index < -0.39 is 11.8 Å². The second-order valence-corrected chi connectivity index (χ2v) is 6.53. The van der Waals surface area contributed by atoms with E-state index in [4.69, 9.17) is 5.26 Å². The quantitative estimate of drug-likeness (QED) is 0.799. The zero-order chi connectivity index (χ0) is 19.0. The molecule has 0 unspecified atom stereocenters. The zero-order valence-electron chi connectivity index (χ0n) is 14.4. The van der Waals surface area contributed by atoms with E-state index in [-0.39, 0.29) is 17.2 Å². The van der Waals surface area contributed by atoms with Crippen molar-refractivity contribution in [3.8, 4) is 6.07 Å². The Hall–Kier alpha value is -3.66. The molecule has 2 aromatic rings. The van der Waals surface area contributed by atoms with Crippen molar-refractivity contribution >= 4 is 34.8 Å². The maximum absolute atomic E-state index is 12.3. The molecule has 0 aliphatic carbocycles. The number of carbonyl (C=O) groups is 3. The fourth-order valence-electron chi connectivity index (χ4n) is 3.61. The summed E-state index contributed by atoms with van der Waals surface area (Å²) in [5.74, 6) is -1.61. The van der Waals surface area contributed by atoms with Crippen molar-refractivity contribution in [1.29, 1.82) is 5.26 Å². The van der Waals surface area contributed by atoms with E-state index in [0.717, 1.165) is 36.2 Å². The highest BCUT2D eigenvalue weighted by Crippen LogP contribution is 2.38. The Balaban J connectivity index is 1.52. The van der Waals surface area contributed by atoms with Gasteiger partial charge in [-0.3, -0.25) is 14.4 Å². The van der Waals surface area contributed by atoms with Crippen molar-refractivity contribution in [1.82, 2.24) is 0 Å². The maximum atomic E-state index is 12.3. The van der Waals surface area contributed by atoms with Gasteiger partial charge in [-0.15, -0.1) is 0 Å². The van der Waals surface area contributed by atoms with Gasteiger partial charge in [0.15, 0.2) is 0 Å². The largest absolute Gasteiger partial charge is 0.318 e. The first-order valence-electron chi connectivity index (χ1n) is 8.64. The number of nitrogens with one attached hydrogen (secondary N) is 2. The van der Waals surface area contributed by atoms with Crippen LogP contribution < -0.4 is 15.5 Å². The first-order valence-corrected chi connectivity index (χ1v) is 8.64. The monoisotopic (exact) mass is 360 g/mol. The van der Waals surface area contributed by atoms with Crippen molar-refractivity contribution in [3.63, 3.8) is 0 Å². The molecule has 0 fully saturated rings. The topological polar surface area (TPSA) is 102 Å². The Morgan fingerprint density at radius 2 is 1.81 bits per heavy atom. The summed E-state index contributed by atoms with van der Waals surface area (Å²) in [5.41, 5.74) is 3.90. The molecule has 0 radical (unpaired) electrons. The molecule has 7 heteroatoms. The molecule has 2 heterocycles. The lowest BCUT2D eigenvalue weighted by molar-refractivity contribution is -0.133. The van der Waals surface area contributed by atoms with Crippen molar-refractivity contribution < 1.29 is 14.4 Å². The maximum Gasteiger partial charge on any atom is 0.314 e. The molecule has 0 atom stereocenters. The van der Waals surface area contributed by atoms with E-state index in [1.807, 2.05) is 12.1 Å². The van der Waals surface area contributed by atoms with Gasteiger partial charge in [0.05, 0.1) is 23.4 Å². The van der Waals surface area contributed by atoms with Crippen LogP contribution in [0.3, 0.4) is 0 Å². The van der Waals surface area contributed by atoms with Gasteiger partial charge in [-0.05, 0) is 48.2 Å². The molecule has 27 heavy (non-hydrogen) atoms. The Labute approximate surface area is 155 Å². The third-order valence-electron chi connectivity index (χ3n) is 4.77. The predicted octanol–water partition coefficient (Wildman–Crippen LogP) is 1.97. The normalized spacial score (nSPS) is 14.3. The molecule has 2 aliphatic rings. The molecule has 4 rings (SSSR count). The van der Waals surface area contributed by atoms with Crippen LogP contribution in [0.1, 0.15) is 23.1 Å². The van der Waals surface area contributed by atoms with Crippen LogP contribution in [0, 0.1) is 11.3 Å². The highest BCUT2D eigenvalue weighted by Gasteiger charge is 2.32. The van der Waals surface area contributed by atoms with E-state index in [2.05, 4.69) is 10.6 Å². The fourth-order valence-corrected chi connectivity index (χ4v) is 3.61. The van der Waals surface area contributed by atoms with Crippen LogP contribution in [-0.4, -0.2) is 24.3 Å². The number of nitriles is 1. The zero-order valence-corrected chi connectivity index (χ0v) is 14.4. The first kappa shape index (κ1) is 16.8. The minimum atomic E-state index is -0.857. The average Bonchev–Trinajstić information content (AvgIpc) is 2.99. The molecule has 2 N–H and O–H groups in total. The van der Waals surface area contributed by atoms with Crippen LogP contribution in [0.15, 0.2) is 36.4 Å². The first-order chi connectivity index (χ1) is 13.1. The summed E-state index contributed by atoms with van der Waals surface area (Å²) < 4.78 is 0. The van der Waals surface area contributed by atoms with E-state index in [9.17, 15) is 14.4 Å². The molecule has 7 nitrogen and oxygen atoms in total. The smallest absolute Gasteiger partial charge is 0.314 e. The minimum Gasteiger partial charge on any atom is -0.318 e. The summed E-state index contributed by atoms with van der Waals surface area (Å²) in [6.07, 6.45) is 2.02. The number of benzene rings is 2. The van der Waals surface area contributed by atoms with Gasteiger partial charge in [0, 0.05) is 12.2 Å². The third kappa shape index (κ3) is 3.02. The molecule has 0 aromatic heterocycles. The van der Waals surface area contributed by atoms with Gasteiger partial charge in [-0.2, -0.15) is 5.26 Å². The molecule has 0 spiro atoms. The summed E-state index contributed by atoms with van der Waals surface area (Å²) in [4.78, 5) is 38.4. The standard InChI is InChI=1S/C20H16N4O3/c21-11-13-4-1-2-6-16(13)23-20(27)19(26)22-15-8-12-5-3-7-24-17(25)10-14(9-15)18(12)24/h1-2,4,6,8-9H,3,5,7,10H2,(H,22,26)(H,23,27). The highest BCUT2D eigenvalue weighted by molar-refractivity contribution is 6.43. The summed E-state index contributed by atoms with van der Waals surface area (Å²) in [5, 5.41) is 14.1. The Kier molecular flexibility index (Phi) is 4.09. The van der Waals surface area contributed by atoms with Crippen molar-refractivity contribution in [2.45, 2.75) is 19.3 Å². The second-order valence-electron chi connectivity index (χ2n) is 6.53. The van der Waals surface area contributed by atoms with Crippen LogP contribution >= 0.6 is 0 Å². The molecule has 0 saturated heterocycles. The fraction of sp³-hybridized carbons (Fsp3) is 0.200. The molecule has 2 aromatic carbocycles. The Bertz CT molecular complexity index is 1020. The number of hydrogen-bond acceptors (Lipinski definition) is 4. The number of aryl methyl sites for hydroxylation is 1. The van der Waals surface area contributed by atoms with Gasteiger partial charge in [-0.25, -0.2) is 0 Å². The molecule has 3 amide bonds. The number of amides is 3. The summed E-state index contributed by atoms with van der Waals surface area (Å²) in [6.45, 7) is 0.727. The molecule has 0 bridgehead atoms. The minimum absolute atomic E-state index is 0.0697. The van der Waals surface area contributed by atoms with Gasteiger partial charge in [0.1, 0.15) is 6.07 Å². The number of para-hydroxylation sites is 1. The van der Waals surface area contributed by atoms with Gasteiger partial charge in [0.2, 0.25) is 5.91 Å². The molecule has 0 saturated carbocycles. The number of anilines is 3. The SMILES string of the molecule is N#Cc1ccccc1NC(=O)C(=O)Nc1cc2c3c(c1)CC(=O)N3CCC2. The van der Waals surface area contributed by atoms with Gasteiger partial charge in [0.25, 0.3) is 0 Å². The van der Waals surface area contributed by atoms with Crippen LogP contribution in [0.2, 0.25) is 0 Å². The predicted molar refractivity (Wildman–Crippen MR) is 99.2 cm³/mol. The Morgan fingerprint density at radius 3 is 2.63 bits per heavy atom. The number of nitrogens with zero attached hydrogens (tertiary/aromatic N) is 2. The van der Waals surface area contributed by atoms with Crippen LogP contribution in [0.4, 0.5) is 17.1 Å². The van der Waals surface area contributed by atoms with Crippen molar-refractivity contribution in [2.75, 3.05) is 22.1 Å². The van der Waals surface area contributed by atoms with Gasteiger partial charge in [-0.1, -0.05) is 12.1 Å². The van der Waals surface area contributed by atoms with Crippen LogP contribution in [0.25, 0.3) is 0 Å². The number of hydrogen-bond donors (Lipinski definition) is 2. The number of carbonyl (C=O) groups excluding carboxylic acids is 3. The molecule has 2 aliphatic heterocycles. The van der Waals surface area contributed by atoms with E-state index in [0.29, 0.717) is 12.1 Å². The van der Waals surface area contributed by atoms with E-state index in [1.165, 1.54) is 0 Å². The van der Waals surface area contributed by atoms with Crippen LogP contribution in [0.5, 0.6) is 0 Å². The molecular formula is C20H16N4O3.